The molecule has 5 heteroatoms. The van der Waals surface area contributed by atoms with Crippen LogP contribution in [-0.4, -0.2) is 23.9 Å². The monoisotopic (exact) mass is 278 g/mol. The molecule has 1 aliphatic rings. The van der Waals surface area contributed by atoms with Crippen molar-refractivity contribution >= 4 is 23.6 Å². The molecule has 1 aliphatic heterocycles. The highest BCUT2D eigenvalue weighted by atomic mass is 35.5. The zero-order chi connectivity index (χ0) is 13.8. The molecule has 1 saturated heterocycles. The normalized spacial score (nSPS) is 15.4. The molecule has 0 spiro atoms. The summed E-state index contributed by atoms with van der Waals surface area (Å²) in [5, 5.41) is 9.25. The fourth-order valence-electron chi connectivity index (χ4n) is 2.03. The number of likely N-dealkylation sites (tertiary alicyclic amines) is 1. The van der Waals surface area contributed by atoms with Gasteiger partial charge in [0, 0.05) is 18.7 Å². The summed E-state index contributed by atoms with van der Waals surface area (Å²) in [6.07, 6.45) is 3.09. The summed E-state index contributed by atoms with van der Waals surface area (Å²) in [6.45, 7) is 1.28. The summed E-state index contributed by atoms with van der Waals surface area (Å²) in [7, 11) is 0. The van der Waals surface area contributed by atoms with E-state index in [0.29, 0.717) is 13.1 Å². The van der Waals surface area contributed by atoms with Crippen LogP contribution in [0, 0.1) is 17.1 Å². The highest BCUT2D eigenvalue weighted by molar-refractivity contribution is 6.32. The number of hydrogen-bond donors (Lipinski definition) is 0. The second kappa shape index (κ2) is 5.85. The number of amides is 1. The predicted octanol–water partition coefficient (Wildman–Crippen LogP) is 3.01. The van der Waals surface area contributed by atoms with E-state index < -0.39 is 5.82 Å². The molecule has 0 bridgehead atoms. The Morgan fingerprint density at radius 3 is 2.68 bits per heavy atom. The largest absolute Gasteiger partial charge is 0.338 e. The number of halogens is 2. The van der Waals surface area contributed by atoms with Crippen molar-refractivity contribution in [3.8, 4) is 6.07 Å². The molecule has 0 N–H and O–H groups in total. The zero-order valence-electron chi connectivity index (χ0n) is 10.2. The van der Waals surface area contributed by atoms with Crippen molar-refractivity contribution < 1.29 is 9.18 Å². The van der Waals surface area contributed by atoms with E-state index >= 15 is 0 Å². The number of rotatable bonds is 2. The Hall–Kier alpha value is -1.86. The quantitative estimate of drug-likeness (QED) is 0.616. The minimum absolute atomic E-state index is 0.0771. The summed E-state index contributed by atoms with van der Waals surface area (Å²) in [6, 6.07) is 6.06. The first-order valence-electron chi connectivity index (χ1n) is 5.98. The van der Waals surface area contributed by atoms with E-state index in [0.717, 1.165) is 12.8 Å². The average molecular weight is 279 g/mol. The van der Waals surface area contributed by atoms with Crippen LogP contribution in [0.15, 0.2) is 23.8 Å². The molecule has 1 aromatic rings. The lowest BCUT2D eigenvalue weighted by molar-refractivity contribution is -0.125. The molecular weight excluding hydrogens is 267 g/mol. The third-order valence-electron chi connectivity index (χ3n) is 3.03. The highest BCUT2D eigenvalue weighted by Crippen LogP contribution is 2.23. The van der Waals surface area contributed by atoms with Gasteiger partial charge < -0.3 is 4.90 Å². The van der Waals surface area contributed by atoms with E-state index in [1.54, 1.807) is 4.90 Å². The van der Waals surface area contributed by atoms with Crippen LogP contribution in [0.4, 0.5) is 4.39 Å². The van der Waals surface area contributed by atoms with E-state index in [-0.39, 0.29) is 22.1 Å². The van der Waals surface area contributed by atoms with Gasteiger partial charge in [-0.3, -0.25) is 4.79 Å². The molecule has 0 aromatic heterocycles. The Morgan fingerprint density at radius 1 is 1.42 bits per heavy atom. The van der Waals surface area contributed by atoms with Gasteiger partial charge in [0.1, 0.15) is 17.5 Å². The van der Waals surface area contributed by atoms with Crippen molar-refractivity contribution in [3.05, 3.63) is 40.2 Å². The first kappa shape index (κ1) is 13.6. The van der Waals surface area contributed by atoms with Gasteiger partial charge in [-0.1, -0.05) is 17.7 Å². The Morgan fingerprint density at radius 2 is 2.11 bits per heavy atom. The summed E-state index contributed by atoms with van der Waals surface area (Å²) in [4.78, 5) is 13.7. The Balaban J connectivity index is 2.34. The summed E-state index contributed by atoms with van der Waals surface area (Å²) in [5.41, 5.74) is -0.0119. The molecule has 1 aromatic carbocycles. The van der Waals surface area contributed by atoms with E-state index in [9.17, 15) is 9.18 Å². The van der Waals surface area contributed by atoms with Gasteiger partial charge in [-0.25, -0.2) is 4.39 Å². The lowest BCUT2D eigenvalue weighted by atomic mass is 10.1. The third kappa shape index (κ3) is 2.94. The number of hydrogen-bond acceptors (Lipinski definition) is 2. The molecule has 98 valence electrons. The molecule has 3 nitrogen and oxygen atoms in total. The van der Waals surface area contributed by atoms with Crippen LogP contribution >= 0.6 is 11.6 Å². The molecule has 0 radical (unpaired) electrons. The molecular formula is C14H12ClFN2O. The Labute approximate surface area is 115 Å². The van der Waals surface area contributed by atoms with Crippen molar-refractivity contribution in [2.45, 2.75) is 12.8 Å². The minimum Gasteiger partial charge on any atom is -0.338 e. The van der Waals surface area contributed by atoms with Crippen molar-refractivity contribution in [2.75, 3.05) is 13.1 Å². The molecule has 0 aliphatic carbocycles. The van der Waals surface area contributed by atoms with Crippen LogP contribution in [0.1, 0.15) is 18.4 Å². The third-order valence-corrected chi connectivity index (χ3v) is 3.36. The fourth-order valence-corrected chi connectivity index (χ4v) is 2.24. The number of benzene rings is 1. The smallest absolute Gasteiger partial charge is 0.264 e. The molecule has 1 heterocycles. The number of carbonyl (C=O) groups is 1. The summed E-state index contributed by atoms with van der Waals surface area (Å²) < 4.78 is 13.6. The van der Waals surface area contributed by atoms with Crippen molar-refractivity contribution in [2.24, 2.45) is 0 Å². The first-order chi connectivity index (χ1) is 9.13. The van der Waals surface area contributed by atoms with Crippen LogP contribution < -0.4 is 0 Å². The van der Waals surface area contributed by atoms with Gasteiger partial charge in [0.05, 0.1) is 5.02 Å². The van der Waals surface area contributed by atoms with Crippen LogP contribution in [0.5, 0.6) is 0 Å². The SMILES string of the molecule is N#C/C(=C\c1c(F)cccc1Cl)C(=O)N1CCCC1. The van der Waals surface area contributed by atoms with Crippen molar-refractivity contribution in [3.63, 3.8) is 0 Å². The van der Waals surface area contributed by atoms with E-state index in [2.05, 4.69) is 0 Å². The topological polar surface area (TPSA) is 44.1 Å². The highest BCUT2D eigenvalue weighted by Gasteiger charge is 2.22. The van der Waals surface area contributed by atoms with Crippen LogP contribution in [0.3, 0.4) is 0 Å². The maximum absolute atomic E-state index is 13.6. The van der Waals surface area contributed by atoms with Gasteiger partial charge in [0.15, 0.2) is 0 Å². The van der Waals surface area contributed by atoms with Gasteiger partial charge >= 0.3 is 0 Å². The molecule has 2 rings (SSSR count). The van der Waals surface area contributed by atoms with Gasteiger partial charge in [0.25, 0.3) is 5.91 Å². The molecule has 0 atom stereocenters. The van der Waals surface area contributed by atoms with Crippen LogP contribution in [0.25, 0.3) is 6.08 Å². The maximum Gasteiger partial charge on any atom is 0.264 e. The Bertz CT molecular complexity index is 551. The number of nitriles is 1. The zero-order valence-corrected chi connectivity index (χ0v) is 11.0. The molecule has 0 unspecified atom stereocenters. The molecule has 1 amide bonds. The standard InChI is InChI=1S/C14H12ClFN2O/c15-12-4-3-5-13(16)11(12)8-10(9-17)14(19)18-6-1-2-7-18/h3-5,8H,1-2,6-7H2/b10-8+. The lowest BCUT2D eigenvalue weighted by Gasteiger charge is -2.14. The van der Waals surface area contributed by atoms with E-state index in [4.69, 9.17) is 16.9 Å². The van der Waals surface area contributed by atoms with Crippen LogP contribution in [-0.2, 0) is 4.79 Å². The molecule has 19 heavy (non-hydrogen) atoms. The van der Waals surface area contributed by atoms with Gasteiger partial charge in [-0.15, -0.1) is 0 Å². The van der Waals surface area contributed by atoms with Gasteiger partial charge in [-0.05, 0) is 31.1 Å². The van der Waals surface area contributed by atoms with Crippen molar-refractivity contribution in [1.29, 1.82) is 5.26 Å². The number of carbonyl (C=O) groups excluding carboxylic acids is 1. The predicted molar refractivity (Wildman–Crippen MR) is 70.8 cm³/mol. The molecule has 1 fully saturated rings. The average Bonchev–Trinajstić information content (AvgIpc) is 2.92. The Kier molecular flexibility index (Phi) is 4.18. The lowest BCUT2D eigenvalue weighted by Crippen LogP contribution is -2.28. The minimum atomic E-state index is -0.547. The second-order valence-electron chi connectivity index (χ2n) is 4.30. The number of nitrogens with zero attached hydrogens (tertiary/aromatic N) is 2. The van der Waals surface area contributed by atoms with Crippen LogP contribution in [0.2, 0.25) is 5.02 Å². The van der Waals surface area contributed by atoms with E-state index in [1.807, 2.05) is 6.07 Å². The first-order valence-corrected chi connectivity index (χ1v) is 6.36. The van der Waals surface area contributed by atoms with Crippen molar-refractivity contribution in [1.82, 2.24) is 4.90 Å². The summed E-state index contributed by atoms with van der Waals surface area (Å²) in [5.74, 6) is -0.909. The van der Waals surface area contributed by atoms with E-state index in [1.165, 1.54) is 24.3 Å². The van der Waals surface area contributed by atoms with Gasteiger partial charge in [0.2, 0.25) is 0 Å². The fraction of sp³-hybridized carbons (Fsp3) is 0.286. The maximum atomic E-state index is 13.6. The molecule has 0 saturated carbocycles. The second-order valence-corrected chi connectivity index (χ2v) is 4.71. The van der Waals surface area contributed by atoms with Gasteiger partial charge in [-0.2, -0.15) is 5.26 Å². The summed E-state index contributed by atoms with van der Waals surface area (Å²) >= 11 is 5.88.